The van der Waals surface area contributed by atoms with Gasteiger partial charge in [-0.15, -0.1) is 10.2 Å². The highest BCUT2D eigenvalue weighted by molar-refractivity contribution is 9.10. The quantitative estimate of drug-likeness (QED) is 0.885. The second-order valence-corrected chi connectivity index (χ2v) is 5.92. The Balaban J connectivity index is 2.35. The number of aromatic nitrogens is 2. The van der Waals surface area contributed by atoms with Crippen molar-refractivity contribution < 1.29 is 4.39 Å². The van der Waals surface area contributed by atoms with Gasteiger partial charge in [-0.05, 0) is 41.0 Å². The molecule has 1 N–H and O–H groups in total. The zero-order chi connectivity index (χ0) is 13.8. The Morgan fingerprint density at radius 1 is 1.37 bits per heavy atom. The molecule has 0 aliphatic rings. The average molecular weight is 344 g/mol. The van der Waals surface area contributed by atoms with Crippen molar-refractivity contribution in [2.45, 2.75) is 26.3 Å². The van der Waals surface area contributed by atoms with Crippen LogP contribution in [-0.4, -0.2) is 16.7 Å². The summed E-state index contributed by atoms with van der Waals surface area (Å²) in [6.45, 7) is 5.02. The summed E-state index contributed by atoms with van der Waals surface area (Å²) < 4.78 is 14.6. The SMILES string of the molecule is CCNC(CC)c1nnc(-c2c(F)cccc2Br)s1. The van der Waals surface area contributed by atoms with Crippen LogP contribution in [0.2, 0.25) is 0 Å². The lowest BCUT2D eigenvalue weighted by atomic mass is 10.2. The molecule has 6 heteroatoms. The van der Waals surface area contributed by atoms with E-state index in [4.69, 9.17) is 0 Å². The fourth-order valence-electron chi connectivity index (χ4n) is 1.83. The van der Waals surface area contributed by atoms with E-state index < -0.39 is 0 Å². The van der Waals surface area contributed by atoms with Gasteiger partial charge in [0.05, 0.1) is 11.6 Å². The summed E-state index contributed by atoms with van der Waals surface area (Å²) in [6, 6.07) is 5.09. The number of nitrogens with zero attached hydrogens (tertiary/aromatic N) is 2. The third-order valence-corrected chi connectivity index (χ3v) is 4.49. The first-order valence-electron chi connectivity index (χ1n) is 6.18. The van der Waals surface area contributed by atoms with Gasteiger partial charge in [-0.25, -0.2) is 4.39 Å². The van der Waals surface area contributed by atoms with E-state index in [9.17, 15) is 4.39 Å². The third kappa shape index (κ3) is 3.19. The molecule has 2 rings (SSSR count). The third-order valence-electron chi connectivity index (χ3n) is 2.77. The van der Waals surface area contributed by atoms with Crippen LogP contribution in [0.3, 0.4) is 0 Å². The molecule has 1 atom stereocenters. The first-order chi connectivity index (χ1) is 9.17. The summed E-state index contributed by atoms with van der Waals surface area (Å²) in [5.41, 5.74) is 0.484. The van der Waals surface area contributed by atoms with E-state index in [0.29, 0.717) is 15.0 Å². The first-order valence-corrected chi connectivity index (χ1v) is 7.79. The van der Waals surface area contributed by atoms with Gasteiger partial charge in [-0.3, -0.25) is 0 Å². The van der Waals surface area contributed by atoms with Crippen molar-refractivity contribution in [3.05, 3.63) is 33.5 Å². The predicted octanol–water partition coefficient (Wildman–Crippen LogP) is 4.17. The van der Waals surface area contributed by atoms with Gasteiger partial charge in [0.25, 0.3) is 0 Å². The van der Waals surface area contributed by atoms with Crippen LogP contribution in [0.25, 0.3) is 10.6 Å². The molecule has 0 amide bonds. The minimum Gasteiger partial charge on any atom is -0.308 e. The molecule has 1 heterocycles. The predicted molar refractivity (Wildman–Crippen MR) is 79.7 cm³/mol. The molecule has 102 valence electrons. The summed E-state index contributed by atoms with van der Waals surface area (Å²) in [4.78, 5) is 0. The van der Waals surface area contributed by atoms with Crippen LogP contribution in [-0.2, 0) is 0 Å². The number of nitrogens with one attached hydrogen (secondary N) is 1. The second kappa shape index (κ2) is 6.54. The zero-order valence-electron chi connectivity index (χ0n) is 10.8. The fourth-order valence-corrected chi connectivity index (χ4v) is 3.56. The molecule has 1 aromatic carbocycles. The molecule has 0 spiro atoms. The molecule has 19 heavy (non-hydrogen) atoms. The number of halogens is 2. The van der Waals surface area contributed by atoms with Crippen molar-refractivity contribution in [2.75, 3.05) is 6.54 Å². The standard InChI is InChI=1S/C13H15BrFN3S/c1-3-10(16-4-2)12-17-18-13(19-12)11-8(14)6-5-7-9(11)15/h5-7,10,16H,3-4H2,1-2H3. The van der Waals surface area contributed by atoms with Crippen LogP contribution in [0.15, 0.2) is 22.7 Å². The Bertz CT molecular complexity index is 538. The van der Waals surface area contributed by atoms with Crippen LogP contribution in [0.5, 0.6) is 0 Å². The van der Waals surface area contributed by atoms with Gasteiger partial charge in [0.2, 0.25) is 0 Å². The molecular weight excluding hydrogens is 329 g/mol. The zero-order valence-corrected chi connectivity index (χ0v) is 13.2. The maximum atomic E-state index is 13.9. The highest BCUT2D eigenvalue weighted by Gasteiger charge is 2.18. The Hall–Kier alpha value is -0.850. The topological polar surface area (TPSA) is 37.8 Å². The number of rotatable bonds is 5. The van der Waals surface area contributed by atoms with Gasteiger partial charge >= 0.3 is 0 Å². The number of hydrogen-bond acceptors (Lipinski definition) is 4. The normalized spacial score (nSPS) is 12.6. The summed E-state index contributed by atoms with van der Waals surface area (Å²) in [5.74, 6) is -0.284. The average Bonchev–Trinajstić information content (AvgIpc) is 2.85. The maximum Gasteiger partial charge on any atom is 0.151 e. The molecular formula is C13H15BrFN3S. The molecule has 0 saturated carbocycles. The smallest absolute Gasteiger partial charge is 0.151 e. The van der Waals surface area contributed by atoms with E-state index in [1.165, 1.54) is 17.4 Å². The highest BCUT2D eigenvalue weighted by Crippen LogP contribution is 2.34. The van der Waals surface area contributed by atoms with Crippen LogP contribution < -0.4 is 5.32 Å². The summed E-state index contributed by atoms with van der Waals surface area (Å²) in [7, 11) is 0. The summed E-state index contributed by atoms with van der Waals surface area (Å²) in [5, 5.41) is 13.2. The maximum absolute atomic E-state index is 13.9. The molecule has 0 saturated heterocycles. The lowest BCUT2D eigenvalue weighted by molar-refractivity contribution is 0.531. The molecule has 3 nitrogen and oxygen atoms in total. The van der Waals surface area contributed by atoms with E-state index in [0.717, 1.165) is 18.0 Å². The minimum atomic E-state index is -0.284. The Kier molecular flexibility index (Phi) is 5.01. The largest absolute Gasteiger partial charge is 0.308 e. The summed E-state index contributed by atoms with van der Waals surface area (Å²) in [6.07, 6.45) is 0.931. The lowest BCUT2D eigenvalue weighted by Crippen LogP contribution is -2.19. The van der Waals surface area contributed by atoms with Crippen molar-refractivity contribution in [1.82, 2.24) is 15.5 Å². The van der Waals surface area contributed by atoms with Crippen LogP contribution in [0.4, 0.5) is 4.39 Å². The highest BCUT2D eigenvalue weighted by atomic mass is 79.9. The van der Waals surface area contributed by atoms with Gasteiger partial charge in [0.1, 0.15) is 10.8 Å². The van der Waals surface area contributed by atoms with E-state index >= 15 is 0 Å². The van der Waals surface area contributed by atoms with Crippen molar-refractivity contribution in [2.24, 2.45) is 0 Å². The second-order valence-electron chi connectivity index (χ2n) is 4.06. The van der Waals surface area contributed by atoms with Crippen molar-refractivity contribution in [1.29, 1.82) is 0 Å². The minimum absolute atomic E-state index is 0.182. The fraction of sp³-hybridized carbons (Fsp3) is 0.385. The number of hydrogen-bond donors (Lipinski definition) is 1. The molecule has 2 aromatic rings. The van der Waals surface area contributed by atoms with Gasteiger partial charge in [-0.2, -0.15) is 0 Å². The van der Waals surface area contributed by atoms with Crippen molar-refractivity contribution >= 4 is 27.3 Å². The Morgan fingerprint density at radius 2 is 2.16 bits per heavy atom. The van der Waals surface area contributed by atoms with Crippen LogP contribution in [0, 0.1) is 5.82 Å². The van der Waals surface area contributed by atoms with Gasteiger partial charge in [0.15, 0.2) is 5.01 Å². The van der Waals surface area contributed by atoms with Crippen molar-refractivity contribution in [3.8, 4) is 10.6 Å². The molecule has 0 aliphatic carbocycles. The van der Waals surface area contributed by atoms with Gasteiger partial charge < -0.3 is 5.32 Å². The first kappa shape index (κ1) is 14.6. The van der Waals surface area contributed by atoms with Crippen LogP contribution in [0.1, 0.15) is 31.3 Å². The lowest BCUT2D eigenvalue weighted by Gasteiger charge is -2.11. The van der Waals surface area contributed by atoms with Crippen molar-refractivity contribution in [3.63, 3.8) is 0 Å². The molecule has 0 radical (unpaired) electrons. The Morgan fingerprint density at radius 3 is 2.79 bits per heavy atom. The molecule has 0 aliphatic heterocycles. The van der Waals surface area contributed by atoms with Crippen LogP contribution >= 0.6 is 27.3 Å². The van der Waals surface area contributed by atoms with Gasteiger partial charge in [-0.1, -0.05) is 31.3 Å². The van der Waals surface area contributed by atoms with Gasteiger partial charge in [0, 0.05) is 4.47 Å². The molecule has 1 unspecified atom stereocenters. The molecule has 1 aromatic heterocycles. The molecule has 0 fully saturated rings. The number of benzene rings is 1. The Labute approximate surface area is 124 Å². The van der Waals surface area contributed by atoms with E-state index in [1.54, 1.807) is 12.1 Å². The molecule has 0 bridgehead atoms. The summed E-state index contributed by atoms with van der Waals surface area (Å²) >= 11 is 4.79. The van der Waals surface area contributed by atoms with E-state index in [1.807, 2.05) is 0 Å². The monoisotopic (exact) mass is 343 g/mol. The van der Waals surface area contributed by atoms with E-state index in [2.05, 4.69) is 45.3 Å². The van der Waals surface area contributed by atoms with E-state index in [-0.39, 0.29) is 11.9 Å².